The minimum absolute atomic E-state index is 0.0723. The summed E-state index contributed by atoms with van der Waals surface area (Å²) in [5.74, 6) is 0. The molecule has 1 atom stereocenters. The van der Waals surface area contributed by atoms with Crippen molar-refractivity contribution in [2.45, 2.75) is 25.2 Å². The van der Waals surface area contributed by atoms with E-state index in [0.717, 1.165) is 5.56 Å². The van der Waals surface area contributed by atoms with Crippen molar-refractivity contribution in [2.75, 3.05) is 19.6 Å². The first-order valence-electron chi connectivity index (χ1n) is 6.48. The minimum Gasteiger partial charge on any atom is -0.309 e. The Hall–Kier alpha value is -1.58. The van der Waals surface area contributed by atoms with E-state index in [1.807, 2.05) is 6.07 Å². The Labute approximate surface area is 116 Å². The Morgan fingerprint density at radius 1 is 1.40 bits per heavy atom. The van der Waals surface area contributed by atoms with Crippen molar-refractivity contribution in [1.29, 1.82) is 5.26 Å². The zero-order valence-electron chi connectivity index (χ0n) is 11.0. The third-order valence-electron chi connectivity index (χ3n) is 3.33. The first kappa shape index (κ1) is 14.8. The summed E-state index contributed by atoms with van der Waals surface area (Å²) in [7, 11) is 0. The lowest BCUT2D eigenvalue weighted by atomic mass is 10.1. The molecule has 0 amide bonds. The maximum Gasteiger partial charge on any atom is 0.401 e. The van der Waals surface area contributed by atoms with E-state index in [9.17, 15) is 13.2 Å². The van der Waals surface area contributed by atoms with Crippen molar-refractivity contribution in [1.82, 2.24) is 10.2 Å². The van der Waals surface area contributed by atoms with Gasteiger partial charge in [-0.15, -0.1) is 0 Å². The summed E-state index contributed by atoms with van der Waals surface area (Å²) in [5.41, 5.74) is 1.56. The van der Waals surface area contributed by atoms with Gasteiger partial charge in [-0.05, 0) is 24.1 Å². The van der Waals surface area contributed by atoms with Gasteiger partial charge in [-0.25, -0.2) is 0 Å². The van der Waals surface area contributed by atoms with Crippen LogP contribution in [0.1, 0.15) is 17.5 Å². The Morgan fingerprint density at radius 2 is 2.20 bits per heavy atom. The van der Waals surface area contributed by atoms with Gasteiger partial charge in [0.2, 0.25) is 0 Å². The number of hydrogen-bond acceptors (Lipinski definition) is 3. The molecule has 108 valence electrons. The second-order valence-electron chi connectivity index (χ2n) is 5.03. The third-order valence-corrected chi connectivity index (χ3v) is 3.33. The van der Waals surface area contributed by atoms with Crippen LogP contribution < -0.4 is 5.32 Å². The van der Waals surface area contributed by atoms with Gasteiger partial charge in [0.15, 0.2) is 0 Å². The standard InChI is InChI=1S/C14H16F3N3/c15-14(16,17)10-20-5-4-13(9-20)19-8-12-3-1-2-11(6-12)7-18/h1-3,6,13,19H,4-5,8-10H2/t13-/m1/s1. The molecule has 1 N–H and O–H groups in total. The van der Waals surface area contributed by atoms with Gasteiger partial charge in [-0.3, -0.25) is 4.90 Å². The van der Waals surface area contributed by atoms with Gasteiger partial charge in [0, 0.05) is 25.7 Å². The second-order valence-corrected chi connectivity index (χ2v) is 5.03. The molecule has 6 heteroatoms. The largest absolute Gasteiger partial charge is 0.401 e. The van der Waals surface area contributed by atoms with Crippen molar-refractivity contribution in [3.63, 3.8) is 0 Å². The number of nitriles is 1. The molecule has 1 saturated heterocycles. The van der Waals surface area contributed by atoms with Crippen LogP contribution in [0.3, 0.4) is 0 Å². The summed E-state index contributed by atoms with van der Waals surface area (Å²) in [6, 6.07) is 9.36. The SMILES string of the molecule is N#Cc1cccc(CN[C@@H]2CCN(CC(F)(F)F)C2)c1. The summed E-state index contributed by atoms with van der Waals surface area (Å²) in [5, 5.41) is 12.0. The Kier molecular flexibility index (Phi) is 4.63. The van der Waals surface area contributed by atoms with Gasteiger partial charge in [-0.1, -0.05) is 12.1 Å². The van der Waals surface area contributed by atoms with Crippen LogP contribution in [0, 0.1) is 11.3 Å². The number of halogens is 3. The van der Waals surface area contributed by atoms with Gasteiger partial charge in [0.1, 0.15) is 0 Å². The molecule has 1 heterocycles. The fourth-order valence-electron chi connectivity index (χ4n) is 2.41. The predicted molar refractivity (Wildman–Crippen MR) is 68.9 cm³/mol. The Morgan fingerprint density at radius 3 is 2.90 bits per heavy atom. The predicted octanol–water partition coefficient (Wildman–Crippen LogP) is 2.28. The fourth-order valence-corrected chi connectivity index (χ4v) is 2.41. The molecule has 1 aromatic rings. The smallest absolute Gasteiger partial charge is 0.309 e. The summed E-state index contributed by atoms with van der Waals surface area (Å²) in [4.78, 5) is 1.42. The average molecular weight is 283 g/mol. The molecule has 0 radical (unpaired) electrons. The highest BCUT2D eigenvalue weighted by molar-refractivity contribution is 5.32. The number of nitrogens with one attached hydrogen (secondary N) is 1. The number of hydrogen-bond donors (Lipinski definition) is 1. The maximum absolute atomic E-state index is 12.3. The van der Waals surface area contributed by atoms with Gasteiger partial charge in [-0.2, -0.15) is 18.4 Å². The van der Waals surface area contributed by atoms with Crippen LogP contribution in [0.25, 0.3) is 0 Å². The molecule has 0 unspecified atom stereocenters. The van der Waals surface area contributed by atoms with Crippen LogP contribution in [0.15, 0.2) is 24.3 Å². The quantitative estimate of drug-likeness (QED) is 0.921. The van der Waals surface area contributed by atoms with Gasteiger partial charge < -0.3 is 5.32 Å². The van der Waals surface area contributed by atoms with Crippen molar-refractivity contribution < 1.29 is 13.2 Å². The molecule has 1 aromatic carbocycles. The molecule has 0 saturated carbocycles. The molecule has 1 fully saturated rings. The van der Waals surface area contributed by atoms with Crippen molar-refractivity contribution >= 4 is 0 Å². The van der Waals surface area contributed by atoms with E-state index in [4.69, 9.17) is 5.26 Å². The van der Waals surface area contributed by atoms with Gasteiger partial charge in [0.25, 0.3) is 0 Å². The van der Waals surface area contributed by atoms with Crippen LogP contribution in [0.5, 0.6) is 0 Å². The monoisotopic (exact) mass is 283 g/mol. The fraction of sp³-hybridized carbons (Fsp3) is 0.500. The lowest BCUT2D eigenvalue weighted by molar-refractivity contribution is -0.143. The molecule has 3 nitrogen and oxygen atoms in total. The first-order valence-corrected chi connectivity index (χ1v) is 6.48. The zero-order chi connectivity index (χ0) is 14.6. The molecule has 0 spiro atoms. The van der Waals surface area contributed by atoms with Gasteiger partial charge in [0.05, 0.1) is 18.2 Å². The lowest BCUT2D eigenvalue weighted by Crippen LogP contribution is -2.36. The molecule has 2 rings (SSSR count). The third kappa shape index (κ3) is 4.51. The highest BCUT2D eigenvalue weighted by Gasteiger charge is 2.34. The summed E-state index contributed by atoms with van der Waals surface area (Å²) < 4.78 is 36.8. The molecule has 1 aliphatic rings. The van der Waals surface area contributed by atoms with E-state index in [0.29, 0.717) is 31.6 Å². The van der Waals surface area contributed by atoms with Crippen LogP contribution in [0.4, 0.5) is 13.2 Å². The Bertz CT molecular complexity index is 493. The van der Waals surface area contributed by atoms with Crippen molar-refractivity contribution in [3.05, 3.63) is 35.4 Å². The summed E-state index contributed by atoms with van der Waals surface area (Å²) in [6.45, 7) is 0.613. The van der Waals surface area contributed by atoms with E-state index in [1.54, 1.807) is 18.2 Å². The topological polar surface area (TPSA) is 39.1 Å². The van der Waals surface area contributed by atoms with E-state index < -0.39 is 12.7 Å². The molecular formula is C14H16F3N3. The van der Waals surface area contributed by atoms with Crippen LogP contribution >= 0.6 is 0 Å². The number of likely N-dealkylation sites (tertiary alicyclic amines) is 1. The average Bonchev–Trinajstić information content (AvgIpc) is 2.82. The van der Waals surface area contributed by atoms with Gasteiger partial charge >= 0.3 is 6.18 Å². The number of nitrogens with zero attached hydrogens (tertiary/aromatic N) is 2. The summed E-state index contributed by atoms with van der Waals surface area (Å²) >= 11 is 0. The molecule has 0 aromatic heterocycles. The highest BCUT2D eigenvalue weighted by Crippen LogP contribution is 2.20. The van der Waals surface area contributed by atoms with E-state index in [-0.39, 0.29) is 6.04 Å². The van der Waals surface area contributed by atoms with Crippen LogP contribution in [-0.2, 0) is 6.54 Å². The molecule has 0 bridgehead atoms. The molecule has 1 aliphatic heterocycles. The maximum atomic E-state index is 12.3. The minimum atomic E-state index is -4.13. The second kappa shape index (κ2) is 6.25. The molecule has 0 aliphatic carbocycles. The normalized spacial score (nSPS) is 20.0. The highest BCUT2D eigenvalue weighted by atomic mass is 19.4. The summed E-state index contributed by atoms with van der Waals surface area (Å²) in [6.07, 6.45) is -3.41. The molecule has 20 heavy (non-hydrogen) atoms. The number of rotatable bonds is 4. The van der Waals surface area contributed by atoms with E-state index in [2.05, 4.69) is 11.4 Å². The van der Waals surface area contributed by atoms with Crippen LogP contribution in [-0.4, -0.2) is 36.8 Å². The zero-order valence-corrected chi connectivity index (χ0v) is 11.0. The Balaban J connectivity index is 1.79. The van der Waals surface area contributed by atoms with Crippen molar-refractivity contribution in [3.8, 4) is 6.07 Å². The van der Waals surface area contributed by atoms with E-state index in [1.165, 1.54) is 4.90 Å². The van der Waals surface area contributed by atoms with Crippen LogP contribution in [0.2, 0.25) is 0 Å². The number of alkyl halides is 3. The van der Waals surface area contributed by atoms with Crippen molar-refractivity contribution in [2.24, 2.45) is 0 Å². The van der Waals surface area contributed by atoms with E-state index >= 15 is 0 Å². The lowest BCUT2D eigenvalue weighted by Gasteiger charge is -2.18. The first-order chi connectivity index (χ1) is 9.46. The molecular weight excluding hydrogens is 267 g/mol. The number of benzene rings is 1.